The van der Waals surface area contributed by atoms with Crippen molar-refractivity contribution in [3.05, 3.63) is 53.0 Å². The Morgan fingerprint density at radius 2 is 1.84 bits per heavy atom. The average Bonchev–Trinajstić information content (AvgIpc) is 3.11. The number of halogens is 1. The van der Waals surface area contributed by atoms with E-state index in [0.29, 0.717) is 24.0 Å². The third kappa shape index (κ3) is 3.04. The lowest BCUT2D eigenvalue weighted by Gasteiger charge is -2.23. The number of ether oxygens (including phenoxy) is 1. The molecule has 2 atom stereocenters. The summed E-state index contributed by atoms with van der Waals surface area (Å²) in [7, 11) is 0. The van der Waals surface area contributed by atoms with E-state index in [9.17, 15) is 4.39 Å². The van der Waals surface area contributed by atoms with Crippen LogP contribution in [-0.2, 0) is 6.42 Å². The Bertz CT molecular complexity index is 1220. The Morgan fingerprint density at radius 1 is 1.12 bits per heavy atom. The molecule has 0 amide bonds. The molecule has 0 spiro atoms. The number of anilines is 1. The van der Waals surface area contributed by atoms with Crippen LogP contribution < -0.4 is 15.4 Å². The van der Waals surface area contributed by atoms with E-state index < -0.39 is 0 Å². The second-order valence-electron chi connectivity index (χ2n) is 9.42. The van der Waals surface area contributed by atoms with Crippen LogP contribution in [-0.4, -0.2) is 39.1 Å². The molecule has 32 heavy (non-hydrogen) atoms. The van der Waals surface area contributed by atoms with Gasteiger partial charge in [-0.3, -0.25) is 0 Å². The minimum atomic E-state index is -0.242. The number of piperidine rings is 1. The van der Waals surface area contributed by atoms with Crippen molar-refractivity contribution in [1.29, 1.82) is 0 Å². The molecule has 7 nitrogen and oxygen atoms in total. The number of benzene rings is 1. The molecule has 1 aliphatic heterocycles. The summed E-state index contributed by atoms with van der Waals surface area (Å²) in [6, 6.07) is 3.71. The maximum atomic E-state index is 14.3. The van der Waals surface area contributed by atoms with Gasteiger partial charge in [0.1, 0.15) is 17.5 Å². The lowest BCUT2D eigenvalue weighted by atomic mass is 10.0. The highest BCUT2D eigenvalue weighted by Crippen LogP contribution is 2.49. The van der Waals surface area contributed by atoms with Gasteiger partial charge in [-0.1, -0.05) is 13.8 Å². The smallest absolute Gasteiger partial charge is 0.324 e. The Labute approximate surface area is 185 Å². The molecule has 2 aromatic heterocycles. The van der Waals surface area contributed by atoms with Crippen LogP contribution in [0.4, 0.5) is 10.2 Å². The molecular formula is C24H25FN6O. The number of rotatable bonds is 4. The molecule has 1 saturated carbocycles. The summed E-state index contributed by atoms with van der Waals surface area (Å²) < 4.78 is 20.3. The van der Waals surface area contributed by atoms with Crippen LogP contribution in [0.15, 0.2) is 24.5 Å². The molecule has 3 aliphatic rings. The summed E-state index contributed by atoms with van der Waals surface area (Å²) >= 11 is 0. The summed E-state index contributed by atoms with van der Waals surface area (Å²) in [6.07, 6.45) is 3.93. The number of aromatic nitrogens is 4. The molecule has 0 bridgehead atoms. The fraction of sp³-hybridized carbons (Fsp3) is 0.417. The Hall–Kier alpha value is -3.13. The third-order valence-electron chi connectivity index (χ3n) is 6.93. The van der Waals surface area contributed by atoms with Crippen molar-refractivity contribution in [2.75, 3.05) is 18.0 Å². The van der Waals surface area contributed by atoms with Gasteiger partial charge in [-0.15, -0.1) is 0 Å². The van der Waals surface area contributed by atoms with Crippen molar-refractivity contribution >= 4 is 5.82 Å². The molecule has 2 unspecified atom stereocenters. The van der Waals surface area contributed by atoms with Gasteiger partial charge in [0, 0.05) is 37.0 Å². The standard InChI is InChI=1S/C24H25FN6O/c1-11(2)22-27-7-14(8-28-22)32-24-29-19-6-15-12(3)4-13(25)5-16(15)20(19)23(30-24)31-9-17-18(10-31)21(17)26/h4-5,7-8,11,17-18,21H,6,9-10,26H2,1-3H3. The van der Waals surface area contributed by atoms with Gasteiger partial charge in [0.25, 0.3) is 0 Å². The first-order valence-corrected chi connectivity index (χ1v) is 11.1. The van der Waals surface area contributed by atoms with Crippen molar-refractivity contribution in [2.45, 2.75) is 39.2 Å². The van der Waals surface area contributed by atoms with E-state index in [-0.39, 0.29) is 23.8 Å². The van der Waals surface area contributed by atoms with Crippen LogP contribution in [0, 0.1) is 24.6 Å². The Kier molecular flexibility index (Phi) is 4.24. The normalized spacial score (nSPS) is 22.7. The van der Waals surface area contributed by atoms with Crippen LogP contribution in [0.2, 0.25) is 0 Å². The fourth-order valence-corrected chi connectivity index (χ4v) is 5.08. The molecule has 3 heterocycles. The van der Waals surface area contributed by atoms with Crippen molar-refractivity contribution in [3.63, 3.8) is 0 Å². The van der Waals surface area contributed by atoms with E-state index in [1.165, 1.54) is 0 Å². The van der Waals surface area contributed by atoms with Crippen LogP contribution in [0.3, 0.4) is 0 Å². The zero-order valence-electron chi connectivity index (χ0n) is 18.3. The van der Waals surface area contributed by atoms with Crippen molar-refractivity contribution in [1.82, 2.24) is 19.9 Å². The summed E-state index contributed by atoms with van der Waals surface area (Å²) in [5.41, 5.74) is 10.8. The van der Waals surface area contributed by atoms with Gasteiger partial charge < -0.3 is 15.4 Å². The maximum Gasteiger partial charge on any atom is 0.324 e. The molecule has 2 fully saturated rings. The average molecular weight is 433 g/mol. The number of nitrogens with two attached hydrogens (primary N) is 1. The van der Waals surface area contributed by atoms with E-state index in [1.54, 1.807) is 24.5 Å². The van der Waals surface area contributed by atoms with Gasteiger partial charge in [-0.25, -0.2) is 14.4 Å². The highest BCUT2D eigenvalue weighted by Gasteiger charge is 2.54. The second kappa shape index (κ2) is 6.93. The molecule has 8 heteroatoms. The minimum Gasteiger partial charge on any atom is -0.421 e. The SMILES string of the molecule is Cc1cc(F)cc2c1Cc1nc(Oc3cnc(C(C)C)nc3)nc(N3CC4C(N)C4C3)c1-2. The predicted molar refractivity (Wildman–Crippen MR) is 118 cm³/mol. The monoisotopic (exact) mass is 432 g/mol. The fourth-order valence-electron chi connectivity index (χ4n) is 5.08. The van der Waals surface area contributed by atoms with E-state index in [1.807, 2.05) is 20.8 Å². The number of hydrogen-bond acceptors (Lipinski definition) is 7. The Morgan fingerprint density at radius 3 is 2.53 bits per heavy atom. The number of hydrogen-bond donors (Lipinski definition) is 1. The summed E-state index contributed by atoms with van der Waals surface area (Å²) in [5, 5.41) is 0. The van der Waals surface area contributed by atoms with Gasteiger partial charge in [-0.2, -0.15) is 9.97 Å². The lowest BCUT2D eigenvalue weighted by molar-refractivity contribution is 0.434. The minimum absolute atomic E-state index is 0.238. The first kappa shape index (κ1) is 19.5. The van der Waals surface area contributed by atoms with Gasteiger partial charge in [0.15, 0.2) is 5.75 Å². The van der Waals surface area contributed by atoms with Crippen LogP contribution in [0.1, 0.15) is 42.4 Å². The molecule has 2 aliphatic carbocycles. The van der Waals surface area contributed by atoms with Gasteiger partial charge >= 0.3 is 6.01 Å². The van der Waals surface area contributed by atoms with Gasteiger partial charge in [0.05, 0.1) is 18.1 Å². The summed E-state index contributed by atoms with van der Waals surface area (Å²) in [4.78, 5) is 20.5. The van der Waals surface area contributed by atoms with E-state index in [0.717, 1.165) is 52.7 Å². The number of aryl methyl sites for hydroxylation is 1. The zero-order chi connectivity index (χ0) is 22.1. The number of nitrogens with zero attached hydrogens (tertiary/aromatic N) is 5. The summed E-state index contributed by atoms with van der Waals surface area (Å²) in [5.74, 6) is 3.04. The first-order chi connectivity index (χ1) is 15.4. The topological polar surface area (TPSA) is 90.0 Å². The van der Waals surface area contributed by atoms with E-state index in [4.69, 9.17) is 20.4 Å². The van der Waals surface area contributed by atoms with E-state index >= 15 is 0 Å². The van der Waals surface area contributed by atoms with Crippen LogP contribution >= 0.6 is 0 Å². The van der Waals surface area contributed by atoms with Gasteiger partial charge in [0.2, 0.25) is 0 Å². The number of fused-ring (bicyclic) bond motifs is 4. The van der Waals surface area contributed by atoms with Crippen LogP contribution in [0.25, 0.3) is 11.1 Å². The molecule has 1 saturated heterocycles. The summed E-state index contributed by atoms with van der Waals surface area (Å²) in [6.45, 7) is 7.73. The Balaban J connectivity index is 1.41. The molecule has 0 radical (unpaired) electrons. The largest absolute Gasteiger partial charge is 0.421 e. The van der Waals surface area contributed by atoms with E-state index in [2.05, 4.69) is 14.9 Å². The quantitative estimate of drug-likeness (QED) is 0.527. The predicted octanol–water partition coefficient (Wildman–Crippen LogP) is 3.59. The van der Waals surface area contributed by atoms with Crippen molar-refractivity contribution in [2.24, 2.45) is 17.6 Å². The van der Waals surface area contributed by atoms with Crippen molar-refractivity contribution < 1.29 is 9.13 Å². The molecule has 1 aromatic carbocycles. The van der Waals surface area contributed by atoms with Crippen LogP contribution in [0.5, 0.6) is 11.8 Å². The second-order valence-corrected chi connectivity index (χ2v) is 9.42. The van der Waals surface area contributed by atoms with Gasteiger partial charge in [-0.05, 0) is 47.6 Å². The molecule has 3 aromatic rings. The highest BCUT2D eigenvalue weighted by atomic mass is 19.1. The highest BCUT2D eigenvalue weighted by molar-refractivity contribution is 5.85. The first-order valence-electron chi connectivity index (χ1n) is 11.1. The maximum absolute atomic E-state index is 14.3. The van der Waals surface area contributed by atoms with Crippen molar-refractivity contribution in [3.8, 4) is 22.9 Å². The zero-order valence-corrected chi connectivity index (χ0v) is 18.3. The molecule has 2 N–H and O–H groups in total. The molecule has 164 valence electrons. The third-order valence-corrected chi connectivity index (χ3v) is 6.93. The molecule has 6 rings (SSSR count). The molecular weight excluding hydrogens is 407 g/mol. The lowest BCUT2D eigenvalue weighted by Crippen LogP contribution is -2.29.